The third-order valence-electron chi connectivity index (χ3n) is 2.48. The third-order valence-corrected chi connectivity index (χ3v) is 3.71. The number of amides is 1. The highest BCUT2D eigenvalue weighted by molar-refractivity contribution is 7.16. The average Bonchev–Trinajstić information content (AvgIpc) is 2.81. The van der Waals surface area contributed by atoms with E-state index in [2.05, 4.69) is 5.32 Å². The normalized spacial score (nSPS) is 10.2. The first kappa shape index (κ1) is 13.7. The van der Waals surface area contributed by atoms with Crippen LogP contribution in [-0.4, -0.2) is 13.0 Å². The fourth-order valence-electron chi connectivity index (χ4n) is 1.59. The van der Waals surface area contributed by atoms with Crippen LogP contribution in [0.15, 0.2) is 30.3 Å². The van der Waals surface area contributed by atoms with E-state index in [0.717, 1.165) is 4.88 Å². The molecule has 6 heteroatoms. The number of hydrogen-bond donors (Lipinski definition) is 2. The predicted molar refractivity (Wildman–Crippen MR) is 77.9 cm³/mol. The van der Waals surface area contributed by atoms with Gasteiger partial charge in [0, 0.05) is 22.2 Å². The first-order valence-electron chi connectivity index (χ1n) is 5.55. The number of methoxy groups -OCH3 is 1. The topological polar surface area (TPSA) is 64.3 Å². The van der Waals surface area contributed by atoms with Crippen molar-refractivity contribution in [1.29, 1.82) is 0 Å². The number of hydrogen-bond acceptors (Lipinski definition) is 4. The van der Waals surface area contributed by atoms with E-state index in [9.17, 15) is 4.79 Å². The van der Waals surface area contributed by atoms with E-state index in [4.69, 9.17) is 22.1 Å². The molecule has 0 fully saturated rings. The van der Waals surface area contributed by atoms with Crippen LogP contribution >= 0.6 is 22.9 Å². The van der Waals surface area contributed by atoms with Crippen LogP contribution in [0.3, 0.4) is 0 Å². The Bertz CT molecular complexity index is 598. The number of carbonyl (C=O) groups excluding carboxylic acids is 1. The number of rotatable bonds is 4. The zero-order valence-electron chi connectivity index (χ0n) is 10.3. The quantitative estimate of drug-likeness (QED) is 0.853. The molecule has 0 radical (unpaired) electrons. The standard InChI is InChI=1S/C13H13ClN2O2S/c1-18-10-5-8(4-9(15)6-10)13(17)16-7-11-2-3-12(14)19-11/h2-6H,7,15H2,1H3,(H,16,17). The summed E-state index contributed by atoms with van der Waals surface area (Å²) < 4.78 is 5.78. The van der Waals surface area contributed by atoms with Crippen molar-refractivity contribution < 1.29 is 9.53 Å². The summed E-state index contributed by atoms with van der Waals surface area (Å²) in [5.41, 5.74) is 6.67. The molecule has 0 saturated carbocycles. The molecule has 0 atom stereocenters. The highest BCUT2D eigenvalue weighted by atomic mass is 35.5. The van der Waals surface area contributed by atoms with Crippen LogP contribution < -0.4 is 15.8 Å². The molecule has 0 aliphatic rings. The van der Waals surface area contributed by atoms with E-state index < -0.39 is 0 Å². The molecule has 0 saturated heterocycles. The lowest BCUT2D eigenvalue weighted by Crippen LogP contribution is -2.22. The fourth-order valence-corrected chi connectivity index (χ4v) is 2.61. The second-order valence-electron chi connectivity index (χ2n) is 3.88. The van der Waals surface area contributed by atoms with Crippen molar-refractivity contribution in [2.24, 2.45) is 0 Å². The van der Waals surface area contributed by atoms with Gasteiger partial charge in [-0.2, -0.15) is 0 Å². The molecular formula is C13H13ClN2O2S. The summed E-state index contributed by atoms with van der Waals surface area (Å²) in [6.45, 7) is 0.438. The van der Waals surface area contributed by atoms with Gasteiger partial charge < -0.3 is 15.8 Å². The summed E-state index contributed by atoms with van der Waals surface area (Å²) in [6, 6.07) is 8.60. The summed E-state index contributed by atoms with van der Waals surface area (Å²) >= 11 is 7.26. The maximum atomic E-state index is 12.0. The SMILES string of the molecule is COc1cc(N)cc(C(=O)NCc2ccc(Cl)s2)c1. The van der Waals surface area contributed by atoms with Gasteiger partial charge in [-0.1, -0.05) is 11.6 Å². The third kappa shape index (κ3) is 3.62. The number of nitrogens with two attached hydrogens (primary N) is 1. The minimum Gasteiger partial charge on any atom is -0.497 e. The van der Waals surface area contributed by atoms with Gasteiger partial charge in [0.1, 0.15) is 5.75 Å². The largest absolute Gasteiger partial charge is 0.497 e. The van der Waals surface area contributed by atoms with Gasteiger partial charge in [-0.15, -0.1) is 11.3 Å². The second kappa shape index (κ2) is 5.95. The molecule has 3 N–H and O–H groups in total. The van der Waals surface area contributed by atoms with Gasteiger partial charge in [0.2, 0.25) is 0 Å². The number of benzene rings is 1. The molecule has 100 valence electrons. The summed E-state index contributed by atoms with van der Waals surface area (Å²) in [5.74, 6) is 0.361. The Labute approximate surface area is 120 Å². The first-order chi connectivity index (χ1) is 9.08. The number of halogens is 1. The molecule has 19 heavy (non-hydrogen) atoms. The lowest BCUT2D eigenvalue weighted by atomic mass is 10.1. The zero-order chi connectivity index (χ0) is 13.8. The summed E-state index contributed by atoms with van der Waals surface area (Å²) in [6.07, 6.45) is 0. The second-order valence-corrected chi connectivity index (χ2v) is 5.68. The van der Waals surface area contributed by atoms with Crippen molar-refractivity contribution in [2.45, 2.75) is 6.54 Å². The summed E-state index contributed by atoms with van der Waals surface area (Å²) in [7, 11) is 1.53. The van der Waals surface area contributed by atoms with Crippen LogP contribution in [0.1, 0.15) is 15.2 Å². The van der Waals surface area contributed by atoms with Crippen LogP contribution in [0.2, 0.25) is 4.34 Å². The molecule has 4 nitrogen and oxygen atoms in total. The molecule has 0 spiro atoms. The van der Waals surface area contributed by atoms with Gasteiger partial charge in [0.05, 0.1) is 18.0 Å². The van der Waals surface area contributed by atoms with Gasteiger partial charge in [-0.3, -0.25) is 4.79 Å². The Morgan fingerprint density at radius 2 is 2.21 bits per heavy atom. The van der Waals surface area contributed by atoms with E-state index in [1.165, 1.54) is 18.4 Å². The van der Waals surface area contributed by atoms with Crippen LogP contribution in [0, 0.1) is 0 Å². The molecule has 0 bridgehead atoms. The van der Waals surface area contributed by atoms with Crippen LogP contribution in [-0.2, 0) is 6.54 Å². The average molecular weight is 297 g/mol. The molecular weight excluding hydrogens is 284 g/mol. The highest BCUT2D eigenvalue weighted by Crippen LogP contribution is 2.22. The summed E-state index contributed by atoms with van der Waals surface area (Å²) in [5, 5.41) is 2.81. The number of nitrogens with one attached hydrogen (secondary N) is 1. The molecule has 2 aromatic rings. The van der Waals surface area contributed by atoms with Crippen LogP contribution in [0.25, 0.3) is 0 Å². The Balaban J connectivity index is 2.05. The Kier molecular flexibility index (Phi) is 4.29. The minimum absolute atomic E-state index is 0.199. The van der Waals surface area contributed by atoms with E-state index in [1.807, 2.05) is 6.07 Å². The van der Waals surface area contributed by atoms with E-state index in [0.29, 0.717) is 27.9 Å². The number of nitrogen functional groups attached to an aromatic ring is 1. The van der Waals surface area contributed by atoms with E-state index >= 15 is 0 Å². The van der Waals surface area contributed by atoms with Gasteiger partial charge in [-0.25, -0.2) is 0 Å². The van der Waals surface area contributed by atoms with Crippen molar-refractivity contribution in [1.82, 2.24) is 5.32 Å². The number of ether oxygens (including phenoxy) is 1. The molecule has 0 aliphatic carbocycles. The number of thiophene rings is 1. The smallest absolute Gasteiger partial charge is 0.251 e. The van der Waals surface area contributed by atoms with Crippen LogP contribution in [0.5, 0.6) is 5.75 Å². The Morgan fingerprint density at radius 3 is 2.84 bits per heavy atom. The van der Waals surface area contributed by atoms with Gasteiger partial charge in [-0.05, 0) is 24.3 Å². The Hall–Kier alpha value is -1.72. The zero-order valence-corrected chi connectivity index (χ0v) is 11.8. The molecule has 1 aromatic carbocycles. The molecule has 1 aromatic heterocycles. The van der Waals surface area contributed by atoms with Crippen molar-refractivity contribution >= 4 is 34.5 Å². The predicted octanol–water partition coefficient (Wildman–Crippen LogP) is 2.92. The van der Waals surface area contributed by atoms with Crippen molar-refractivity contribution in [2.75, 3.05) is 12.8 Å². The molecule has 1 heterocycles. The van der Waals surface area contributed by atoms with Crippen molar-refractivity contribution in [3.63, 3.8) is 0 Å². The summed E-state index contributed by atoms with van der Waals surface area (Å²) in [4.78, 5) is 13.0. The molecule has 0 aliphatic heterocycles. The highest BCUT2D eigenvalue weighted by Gasteiger charge is 2.08. The fraction of sp³-hybridized carbons (Fsp3) is 0.154. The van der Waals surface area contributed by atoms with Gasteiger partial charge >= 0.3 is 0 Å². The van der Waals surface area contributed by atoms with Gasteiger partial charge in [0.15, 0.2) is 0 Å². The Morgan fingerprint density at radius 1 is 1.42 bits per heavy atom. The van der Waals surface area contributed by atoms with Gasteiger partial charge in [0.25, 0.3) is 5.91 Å². The number of anilines is 1. The van der Waals surface area contributed by atoms with E-state index in [1.54, 1.807) is 24.3 Å². The maximum Gasteiger partial charge on any atom is 0.251 e. The lowest BCUT2D eigenvalue weighted by Gasteiger charge is -2.07. The number of carbonyl (C=O) groups is 1. The minimum atomic E-state index is -0.199. The molecule has 1 amide bonds. The first-order valence-corrected chi connectivity index (χ1v) is 6.75. The van der Waals surface area contributed by atoms with E-state index in [-0.39, 0.29) is 5.91 Å². The van der Waals surface area contributed by atoms with Crippen LogP contribution in [0.4, 0.5) is 5.69 Å². The van der Waals surface area contributed by atoms with Crippen molar-refractivity contribution in [3.05, 3.63) is 45.1 Å². The lowest BCUT2D eigenvalue weighted by molar-refractivity contribution is 0.0951. The monoisotopic (exact) mass is 296 g/mol. The molecule has 2 rings (SSSR count). The van der Waals surface area contributed by atoms with Crippen molar-refractivity contribution in [3.8, 4) is 5.75 Å². The molecule has 0 unspecified atom stereocenters. The maximum absolute atomic E-state index is 12.0.